The van der Waals surface area contributed by atoms with Crippen molar-refractivity contribution in [3.8, 4) is 0 Å². The van der Waals surface area contributed by atoms with Gasteiger partial charge in [0.25, 0.3) is 0 Å². The minimum absolute atomic E-state index is 0.0369. The quantitative estimate of drug-likeness (QED) is 0.821. The number of hydrogen-bond donors (Lipinski definition) is 0. The summed E-state index contributed by atoms with van der Waals surface area (Å²) in [6.45, 7) is 2.44. The van der Waals surface area contributed by atoms with Crippen LogP contribution >= 0.6 is 11.3 Å². The normalized spacial score (nSPS) is 11.5. The Kier molecular flexibility index (Phi) is 4.90. The van der Waals surface area contributed by atoms with Crippen LogP contribution in [0.15, 0.2) is 35.7 Å². The van der Waals surface area contributed by atoms with Gasteiger partial charge in [0, 0.05) is 11.9 Å². The van der Waals surface area contributed by atoms with E-state index in [1.54, 1.807) is 23.3 Å². The van der Waals surface area contributed by atoms with Crippen molar-refractivity contribution in [2.75, 3.05) is 7.05 Å². The van der Waals surface area contributed by atoms with Gasteiger partial charge in [-0.25, -0.2) is 0 Å². The first-order valence-corrected chi connectivity index (χ1v) is 7.58. The van der Waals surface area contributed by atoms with Crippen LogP contribution in [0.3, 0.4) is 0 Å². The van der Waals surface area contributed by atoms with Crippen LogP contribution < -0.4 is 0 Å². The molecule has 2 nitrogen and oxygen atoms in total. The van der Waals surface area contributed by atoms with Gasteiger partial charge in [-0.1, -0.05) is 18.2 Å². The molecule has 0 saturated heterocycles. The first kappa shape index (κ1) is 16.5. The monoisotopic (exact) mass is 327 g/mol. The maximum Gasteiger partial charge on any atom is 0.416 e. The fourth-order valence-electron chi connectivity index (χ4n) is 2.04. The van der Waals surface area contributed by atoms with Gasteiger partial charge in [-0.2, -0.15) is 13.2 Å². The molecule has 0 unspecified atom stereocenters. The molecule has 0 spiro atoms. The Balaban J connectivity index is 2.04. The summed E-state index contributed by atoms with van der Waals surface area (Å²) in [5, 5.41) is 1.95. The molecule has 0 bridgehead atoms. The van der Waals surface area contributed by atoms with Crippen LogP contribution in [0.4, 0.5) is 13.2 Å². The highest BCUT2D eigenvalue weighted by molar-refractivity contribution is 7.10. The average molecular weight is 327 g/mol. The number of benzene rings is 1. The van der Waals surface area contributed by atoms with Crippen molar-refractivity contribution in [3.63, 3.8) is 0 Å². The second-order valence-corrected chi connectivity index (χ2v) is 6.15. The number of halogens is 3. The van der Waals surface area contributed by atoms with Crippen molar-refractivity contribution >= 4 is 17.2 Å². The van der Waals surface area contributed by atoms with Crippen molar-refractivity contribution in [3.05, 3.63) is 57.3 Å². The number of likely N-dealkylation sites (N-methyl/N-ethyl adjacent to an activating group) is 1. The predicted octanol–water partition coefficient (Wildman–Crippen LogP) is 4.28. The van der Waals surface area contributed by atoms with E-state index in [-0.39, 0.29) is 12.3 Å². The largest absolute Gasteiger partial charge is 0.416 e. The Morgan fingerprint density at radius 2 is 2.00 bits per heavy atom. The molecule has 0 atom stereocenters. The number of alkyl halides is 3. The van der Waals surface area contributed by atoms with Gasteiger partial charge in [-0.15, -0.1) is 11.3 Å². The van der Waals surface area contributed by atoms with Gasteiger partial charge in [-0.3, -0.25) is 4.79 Å². The molecule has 0 saturated carbocycles. The topological polar surface area (TPSA) is 20.3 Å². The SMILES string of the molecule is Cc1ccsc1CN(C)C(=O)Cc1cccc(C(F)(F)F)c1. The lowest BCUT2D eigenvalue weighted by Crippen LogP contribution is -2.27. The van der Waals surface area contributed by atoms with E-state index in [4.69, 9.17) is 0 Å². The highest BCUT2D eigenvalue weighted by Crippen LogP contribution is 2.29. The van der Waals surface area contributed by atoms with Gasteiger partial charge in [-0.05, 0) is 35.6 Å². The molecule has 2 aromatic rings. The Morgan fingerprint density at radius 1 is 1.27 bits per heavy atom. The molecular formula is C16H16F3NOS. The molecule has 22 heavy (non-hydrogen) atoms. The summed E-state index contributed by atoms with van der Waals surface area (Å²) in [7, 11) is 1.66. The third kappa shape index (κ3) is 4.10. The van der Waals surface area contributed by atoms with E-state index in [0.717, 1.165) is 22.6 Å². The Bertz CT molecular complexity index is 663. The third-order valence-corrected chi connectivity index (χ3v) is 4.39. The first-order chi connectivity index (χ1) is 10.3. The number of carbonyl (C=O) groups is 1. The maximum atomic E-state index is 12.7. The van der Waals surface area contributed by atoms with Crippen LogP contribution in [0.25, 0.3) is 0 Å². The average Bonchev–Trinajstić information content (AvgIpc) is 2.83. The fraction of sp³-hybridized carbons (Fsp3) is 0.312. The fourth-order valence-corrected chi connectivity index (χ4v) is 3.00. The smallest absolute Gasteiger partial charge is 0.340 e. The molecule has 118 valence electrons. The Morgan fingerprint density at radius 3 is 2.59 bits per heavy atom. The second-order valence-electron chi connectivity index (χ2n) is 5.15. The molecule has 6 heteroatoms. The molecule has 1 heterocycles. The number of rotatable bonds is 4. The van der Waals surface area contributed by atoms with Gasteiger partial charge in [0.05, 0.1) is 18.5 Å². The van der Waals surface area contributed by atoms with Crippen molar-refractivity contribution in [2.24, 2.45) is 0 Å². The predicted molar refractivity (Wildman–Crippen MR) is 80.7 cm³/mol. The standard InChI is InChI=1S/C16H16F3NOS/c1-11-6-7-22-14(11)10-20(2)15(21)9-12-4-3-5-13(8-12)16(17,18)19/h3-8H,9-10H2,1-2H3. The maximum absolute atomic E-state index is 12.7. The lowest BCUT2D eigenvalue weighted by Gasteiger charge is -2.17. The van der Waals surface area contributed by atoms with Gasteiger partial charge in [0.1, 0.15) is 0 Å². The molecule has 1 amide bonds. The zero-order chi connectivity index (χ0) is 16.3. The van der Waals surface area contributed by atoms with E-state index < -0.39 is 11.7 Å². The van der Waals surface area contributed by atoms with Crippen LogP contribution in [0.1, 0.15) is 21.6 Å². The summed E-state index contributed by atoms with van der Waals surface area (Å²) in [6, 6.07) is 6.88. The van der Waals surface area contributed by atoms with Crippen LogP contribution in [-0.4, -0.2) is 17.9 Å². The summed E-state index contributed by atoms with van der Waals surface area (Å²) in [4.78, 5) is 14.8. The molecule has 0 radical (unpaired) electrons. The number of aryl methyl sites for hydroxylation is 1. The molecule has 0 aliphatic carbocycles. The number of amides is 1. The van der Waals surface area contributed by atoms with Gasteiger partial charge in [0.2, 0.25) is 5.91 Å². The van der Waals surface area contributed by atoms with Crippen LogP contribution in [0.2, 0.25) is 0 Å². The molecule has 1 aromatic carbocycles. The summed E-state index contributed by atoms with van der Waals surface area (Å²) < 4.78 is 38.0. The minimum Gasteiger partial charge on any atom is -0.340 e. The number of thiophene rings is 1. The molecular weight excluding hydrogens is 311 g/mol. The minimum atomic E-state index is -4.39. The van der Waals surface area contributed by atoms with Crippen molar-refractivity contribution in [1.29, 1.82) is 0 Å². The van der Waals surface area contributed by atoms with Crippen LogP contribution in [-0.2, 0) is 23.9 Å². The first-order valence-electron chi connectivity index (χ1n) is 6.70. The van der Waals surface area contributed by atoms with E-state index in [1.807, 2.05) is 18.4 Å². The zero-order valence-electron chi connectivity index (χ0n) is 12.3. The Labute approximate surface area is 131 Å². The van der Waals surface area contributed by atoms with E-state index >= 15 is 0 Å². The molecule has 0 aliphatic rings. The van der Waals surface area contributed by atoms with E-state index in [1.165, 1.54) is 12.1 Å². The van der Waals surface area contributed by atoms with Crippen molar-refractivity contribution in [1.82, 2.24) is 4.90 Å². The summed E-state index contributed by atoms with van der Waals surface area (Å²) >= 11 is 1.56. The molecule has 0 N–H and O–H groups in total. The van der Waals surface area contributed by atoms with Crippen LogP contribution in [0, 0.1) is 6.92 Å². The highest BCUT2D eigenvalue weighted by atomic mass is 32.1. The highest BCUT2D eigenvalue weighted by Gasteiger charge is 2.30. The zero-order valence-corrected chi connectivity index (χ0v) is 13.1. The number of hydrogen-bond acceptors (Lipinski definition) is 2. The lowest BCUT2D eigenvalue weighted by atomic mass is 10.1. The second kappa shape index (κ2) is 6.52. The third-order valence-electron chi connectivity index (χ3n) is 3.38. The number of carbonyl (C=O) groups excluding carboxylic acids is 1. The molecule has 0 aliphatic heterocycles. The van der Waals surface area contributed by atoms with Gasteiger partial charge < -0.3 is 4.90 Å². The Hall–Kier alpha value is -1.82. The van der Waals surface area contributed by atoms with Gasteiger partial charge in [0.15, 0.2) is 0 Å². The lowest BCUT2D eigenvalue weighted by molar-refractivity contribution is -0.138. The van der Waals surface area contributed by atoms with E-state index in [9.17, 15) is 18.0 Å². The molecule has 1 aromatic heterocycles. The number of nitrogens with zero attached hydrogens (tertiary/aromatic N) is 1. The summed E-state index contributed by atoms with van der Waals surface area (Å²) in [6.07, 6.45) is -4.43. The molecule has 0 fully saturated rings. The van der Waals surface area contributed by atoms with Crippen molar-refractivity contribution < 1.29 is 18.0 Å². The molecule has 2 rings (SSSR count). The summed E-state index contributed by atoms with van der Waals surface area (Å²) in [5.74, 6) is -0.202. The van der Waals surface area contributed by atoms with E-state index in [0.29, 0.717) is 12.1 Å². The summed E-state index contributed by atoms with van der Waals surface area (Å²) in [5.41, 5.74) is 0.757. The van der Waals surface area contributed by atoms with Crippen molar-refractivity contribution in [2.45, 2.75) is 26.1 Å². The van der Waals surface area contributed by atoms with E-state index in [2.05, 4.69) is 0 Å². The van der Waals surface area contributed by atoms with Crippen LogP contribution in [0.5, 0.6) is 0 Å². The van der Waals surface area contributed by atoms with Gasteiger partial charge >= 0.3 is 6.18 Å².